The summed E-state index contributed by atoms with van der Waals surface area (Å²) in [5.74, 6) is 1.66. The van der Waals surface area contributed by atoms with Gasteiger partial charge in [0.25, 0.3) is 0 Å². The van der Waals surface area contributed by atoms with Gasteiger partial charge in [-0.05, 0) is 32.1 Å². The van der Waals surface area contributed by atoms with Crippen molar-refractivity contribution in [2.24, 2.45) is 11.8 Å². The SMILES string of the molecule is CC(C)C1CCOC1.CC(C)N1CCOCC1. The van der Waals surface area contributed by atoms with Crippen molar-refractivity contribution in [2.75, 3.05) is 39.5 Å². The lowest BCUT2D eigenvalue weighted by Crippen LogP contribution is -2.40. The van der Waals surface area contributed by atoms with Gasteiger partial charge >= 0.3 is 0 Å². The first-order chi connectivity index (χ1) is 8.11. The summed E-state index contributed by atoms with van der Waals surface area (Å²) in [5.41, 5.74) is 0. The molecule has 2 aliphatic heterocycles. The second kappa shape index (κ2) is 8.06. The van der Waals surface area contributed by atoms with Gasteiger partial charge in [0.15, 0.2) is 0 Å². The zero-order valence-electron chi connectivity index (χ0n) is 11.9. The molecule has 0 saturated carbocycles. The van der Waals surface area contributed by atoms with Crippen molar-refractivity contribution in [3.63, 3.8) is 0 Å². The van der Waals surface area contributed by atoms with Crippen LogP contribution in [-0.2, 0) is 9.47 Å². The highest BCUT2D eigenvalue weighted by Gasteiger charge is 2.18. The highest BCUT2D eigenvalue weighted by molar-refractivity contribution is 4.66. The summed E-state index contributed by atoms with van der Waals surface area (Å²) in [4.78, 5) is 2.43. The number of hydrogen-bond acceptors (Lipinski definition) is 3. The predicted molar refractivity (Wildman–Crippen MR) is 71.3 cm³/mol. The van der Waals surface area contributed by atoms with Crippen LogP contribution in [0.5, 0.6) is 0 Å². The molecule has 17 heavy (non-hydrogen) atoms. The number of rotatable bonds is 2. The van der Waals surface area contributed by atoms with E-state index in [0.717, 1.165) is 51.4 Å². The van der Waals surface area contributed by atoms with Crippen molar-refractivity contribution in [3.05, 3.63) is 0 Å². The second-order valence-corrected chi connectivity index (χ2v) is 5.61. The molecule has 0 bridgehead atoms. The number of nitrogens with zero attached hydrogens (tertiary/aromatic N) is 1. The fourth-order valence-corrected chi connectivity index (χ4v) is 2.17. The molecule has 0 radical (unpaired) electrons. The molecule has 0 aromatic heterocycles. The van der Waals surface area contributed by atoms with Crippen molar-refractivity contribution < 1.29 is 9.47 Å². The number of hydrogen-bond donors (Lipinski definition) is 0. The minimum atomic E-state index is 0.689. The minimum Gasteiger partial charge on any atom is -0.381 e. The lowest BCUT2D eigenvalue weighted by molar-refractivity contribution is 0.0238. The smallest absolute Gasteiger partial charge is 0.0594 e. The van der Waals surface area contributed by atoms with E-state index in [9.17, 15) is 0 Å². The molecule has 0 spiro atoms. The van der Waals surface area contributed by atoms with Crippen LogP contribution in [0.2, 0.25) is 0 Å². The molecule has 0 aromatic rings. The van der Waals surface area contributed by atoms with E-state index in [4.69, 9.17) is 9.47 Å². The summed E-state index contributed by atoms with van der Waals surface area (Å²) < 4.78 is 10.4. The molecule has 2 heterocycles. The summed E-state index contributed by atoms with van der Waals surface area (Å²) >= 11 is 0. The topological polar surface area (TPSA) is 21.7 Å². The van der Waals surface area contributed by atoms with Gasteiger partial charge in [-0.25, -0.2) is 0 Å². The summed E-state index contributed by atoms with van der Waals surface area (Å²) in [6.45, 7) is 15.0. The summed E-state index contributed by atoms with van der Waals surface area (Å²) in [7, 11) is 0. The minimum absolute atomic E-state index is 0.689. The largest absolute Gasteiger partial charge is 0.381 e. The number of ether oxygens (including phenoxy) is 2. The van der Waals surface area contributed by atoms with Gasteiger partial charge in [-0.1, -0.05) is 13.8 Å². The van der Waals surface area contributed by atoms with Crippen LogP contribution in [0.1, 0.15) is 34.1 Å². The Labute approximate surface area is 106 Å². The van der Waals surface area contributed by atoms with E-state index in [1.807, 2.05) is 0 Å². The van der Waals surface area contributed by atoms with E-state index in [1.54, 1.807) is 0 Å². The molecule has 2 saturated heterocycles. The monoisotopic (exact) mass is 243 g/mol. The Morgan fingerprint density at radius 1 is 0.941 bits per heavy atom. The Morgan fingerprint density at radius 2 is 1.59 bits per heavy atom. The fourth-order valence-electron chi connectivity index (χ4n) is 2.17. The molecule has 1 atom stereocenters. The van der Waals surface area contributed by atoms with Gasteiger partial charge in [-0.3, -0.25) is 4.90 Å². The molecule has 3 nitrogen and oxygen atoms in total. The van der Waals surface area contributed by atoms with E-state index in [1.165, 1.54) is 6.42 Å². The van der Waals surface area contributed by atoms with Gasteiger partial charge in [0.2, 0.25) is 0 Å². The van der Waals surface area contributed by atoms with Gasteiger partial charge < -0.3 is 9.47 Å². The Balaban J connectivity index is 0.000000171. The van der Waals surface area contributed by atoms with E-state index in [2.05, 4.69) is 32.6 Å². The predicted octanol–water partition coefficient (Wildman–Crippen LogP) is 2.41. The van der Waals surface area contributed by atoms with Crippen molar-refractivity contribution in [1.29, 1.82) is 0 Å². The van der Waals surface area contributed by atoms with Crippen LogP contribution in [0.4, 0.5) is 0 Å². The van der Waals surface area contributed by atoms with E-state index >= 15 is 0 Å². The molecule has 0 amide bonds. The fraction of sp³-hybridized carbons (Fsp3) is 1.00. The van der Waals surface area contributed by atoms with E-state index in [0.29, 0.717) is 6.04 Å². The first-order valence-electron chi connectivity index (χ1n) is 7.00. The van der Waals surface area contributed by atoms with Crippen LogP contribution in [-0.4, -0.2) is 50.5 Å². The van der Waals surface area contributed by atoms with Gasteiger partial charge in [0, 0.05) is 32.3 Å². The van der Waals surface area contributed by atoms with Crippen molar-refractivity contribution >= 4 is 0 Å². The molecule has 102 valence electrons. The summed E-state index contributed by atoms with van der Waals surface area (Å²) in [5, 5.41) is 0. The molecule has 2 fully saturated rings. The molecule has 1 unspecified atom stereocenters. The zero-order valence-corrected chi connectivity index (χ0v) is 11.9. The molecule has 3 heteroatoms. The number of morpholine rings is 1. The van der Waals surface area contributed by atoms with Crippen molar-refractivity contribution in [2.45, 2.75) is 40.2 Å². The average Bonchev–Trinajstić information content (AvgIpc) is 2.84. The Morgan fingerprint density at radius 3 is 1.88 bits per heavy atom. The summed E-state index contributed by atoms with van der Waals surface area (Å²) in [6.07, 6.45) is 1.28. The molecular weight excluding hydrogens is 214 g/mol. The third kappa shape index (κ3) is 5.84. The lowest BCUT2D eigenvalue weighted by Gasteiger charge is -2.29. The van der Waals surface area contributed by atoms with Gasteiger partial charge in [0.05, 0.1) is 13.2 Å². The van der Waals surface area contributed by atoms with Gasteiger partial charge in [0.1, 0.15) is 0 Å². The van der Waals surface area contributed by atoms with Crippen LogP contribution in [0, 0.1) is 11.8 Å². The Kier molecular flexibility index (Phi) is 7.09. The maximum absolute atomic E-state index is 5.22. The van der Waals surface area contributed by atoms with Crippen molar-refractivity contribution in [3.8, 4) is 0 Å². The Hall–Kier alpha value is -0.120. The maximum Gasteiger partial charge on any atom is 0.0594 e. The molecule has 2 rings (SSSR count). The molecule has 0 aromatic carbocycles. The second-order valence-electron chi connectivity index (χ2n) is 5.61. The molecule has 0 N–H and O–H groups in total. The van der Waals surface area contributed by atoms with E-state index < -0.39 is 0 Å². The van der Waals surface area contributed by atoms with Gasteiger partial charge in [-0.2, -0.15) is 0 Å². The molecule has 2 aliphatic rings. The van der Waals surface area contributed by atoms with Crippen LogP contribution >= 0.6 is 0 Å². The van der Waals surface area contributed by atoms with Crippen molar-refractivity contribution in [1.82, 2.24) is 4.90 Å². The lowest BCUT2D eigenvalue weighted by atomic mass is 9.96. The first-order valence-corrected chi connectivity index (χ1v) is 7.00. The standard InChI is InChI=1S/C7H15NO.C7H14O/c1-7(2)8-3-5-9-6-4-8;1-6(2)7-3-4-8-5-7/h7H,3-6H2,1-2H3;6-7H,3-5H2,1-2H3. The highest BCUT2D eigenvalue weighted by atomic mass is 16.5. The van der Waals surface area contributed by atoms with Crippen LogP contribution in [0.25, 0.3) is 0 Å². The zero-order chi connectivity index (χ0) is 12.7. The third-order valence-corrected chi connectivity index (χ3v) is 3.68. The maximum atomic E-state index is 5.22. The van der Waals surface area contributed by atoms with E-state index in [-0.39, 0.29) is 0 Å². The first kappa shape index (κ1) is 14.9. The molecule has 0 aliphatic carbocycles. The normalized spacial score (nSPS) is 26.1. The van der Waals surface area contributed by atoms with Crippen LogP contribution < -0.4 is 0 Å². The summed E-state index contributed by atoms with van der Waals surface area (Å²) in [6, 6.07) is 0.689. The van der Waals surface area contributed by atoms with Gasteiger partial charge in [-0.15, -0.1) is 0 Å². The highest BCUT2D eigenvalue weighted by Crippen LogP contribution is 2.20. The quantitative estimate of drug-likeness (QED) is 0.743. The van der Waals surface area contributed by atoms with Crippen LogP contribution in [0.15, 0.2) is 0 Å². The van der Waals surface area contributed by atoms with Crippen LogP contribution in [0.3, 0.4) is 0 Å². The molecular formula is C14H29NO2. The third-order valence-electron chi connectivity index (χ3n) is 3.68. The average molecular weight is 243 g/mol. The Bertz CT molecular complexity index is 183.